The van der Waals surface area contributed by atoms with Crippen LogP contribution >= 0.6 is 0 Å². The van der Waals surface area contributed by atoms with Gasteiger partial charge in [-0.25, -0.2) is 35.9 Å². The number of anilines is 2. The van der Waals surface area contributed by atoms with Crippen LogP contribution in [0.1, 0.15) is 34.3 Å². The number of alkyl halides is 3. The van der Waals surface area contributed by atoms with Crippen molar-refractivity contribution in [3.8, 4) is 11.5 Å². The maximum atomic E-state index is 14.7. The second-order valence-corrected chi connectivity index (χ2v) is 11.8. The summed E-state index contributed by atoms with van der Waals surface area (Å²) < 4.78 is 91.5. The molecule has 224 valence electrons. The molecular formula is C28H23F4N5O5S. The van der Waals surface area contributed by atoms with Gasteiger partial charge in [-0.15, -0.1) is 0 Å². The van der Waals surface area contributed by atoms with Crippen LogP contribution < -0.4 is 19.7 Å². The number of nitrogens with one attached hydrogen (secondary N) is 1. The molecule has 0 saturated heterocycles. The SMILES string of the molecule is O=C(NCc1cc2nc(N3CCOc4ccc([C@H](F)CF)nc43)ccc2cn1)c1cc(F)c2c(c1)S(=O)(=O)[C@@H](F)CCO2. The summed E-state index contributed by atoms with van der Waals surface area (Å²) in [5.41, 5.74) is -1.80. The van der Waals surface area contributed by atoms with Crippen LogP contribution in [0, 0.1) is 5.82 Å². The number of halogens is 4. The van der Waals surface area contributed by atoms with Gasteiger partial charge in [0, 0.05) is 23.6 Å². The molecule has 0 bridgehead atoms. The molecule has 6 rings (SSSR count). The summed E-state index contributed by atoms with van der Waals surface area (Å²) in [6, 6.07) is 9.73. The van der Waals surface area contributed by atoms with Crippen molar-refractivity contribution in [2.75, 3.05) is 31.3 Å². The average Bonchev–Trinajstić information content (AvgIpc) is 3.13. The number of sulfone groups is 1. The Kier molecular flexibility index (Phi) is 7.50. The van der Waals surface area contributed by atoms with E-state index < -0.39 is 57.0 Å². The first-order valence-corrected chi connectivity index (χ1v) is 14.7. The van der Waals surface area contributed by atoms with E-state index in [1.165, 1.54) is 12.1 Å². The van der Waals surface area contributed by atoms with Crippen molar-refractivity contribution in [1.29, 1.82) is 0 Å². The molecule has 1 aromatic carbocycles. The normalized spacial score (nSPS) is 18.0. The molecule has 3 aromatic heterocycles. The number of hydrogen-bond acceptors (Lipinski definition) is 9. The minimum atomic E-state index is -4.55. The zero-order valence-corrected chi connectivity index (χ0v) is 23.1. The molecule has 10 nitrogen and oxygen atoms in total. The van der Waals surface area contributed by atoms with E-state index in [1.807, 2.05) is 0 Å². The number of amides is 1. The Labute approximate surface area is 242 Å². The number of fused-ring (bicyclic) bond motifs is 3. The molecule has 0 unspecified atom stereocenters. The predicted octanol–water partition coefficient (Wildman–Crippen LogP) is 4.46. The molecule has 1 N–H and O–H groups in total. The van der Waals surface area contributed by atoms with E-state index in [2.05, 4.69) is 20.3 Å². The fraction of sp³-hybridized carbons (Fsp3) is 0.286. The van der Waals surface area contributed by atoms with E-state index in [-0.39, 0.29) is 24.4 Å². The quantitative estimate of drug-likeness (QED) is 0.313. The highest BCUT2D eigenvalue weighted by Crippen LogP contribution is 2.37. The van der Waals surface area contributed by atoms with Crippen LogP contribution in [0.2, 0.25) is 0 Å². The van der Waals surface area contributed by atoms with Crippen molar-refractivity contribution >= 4 is 38.3 Å². The summed E-state index contributed by atoms with van der Waals surface area (Å²) in [6.45, 7) is -0.997. The maximum Gasteiger partial charge on any atom is 0.251 e. The third-order valence-corrected chi connectivity index (χ3v) is 8.80. The van der Waals surface area contributed by atoms with E-state index >= 15 is 0 Å². The Balaban J connectivity index is 1.24. The van der Waals surface area contributed by atoms with Gasteiger partial charge in [0.2, 0.25) is 15.3 Å². The molecule has 0 saturated carbocycles. The number of nitrogens with zero attached hydrogens (tertiary/aromatic N) is 4. The number of rotatable bonds is 6. The van der Waals surface area contributed by atoms with Gasteiger partial charge in [-0.3, -0.25) is 9.78 Å². The summed E-state index contributed by atoms with van der Waals surface area (Å²) >= 11 is 0. The van der Waals surface area contributed by atoms with Gasteiger partial charge >= 0.3 is 0 Å². The van der Waals surface area contributed by atoms with Crippen LogP contribution in [0.4, 0.5) is 29.2 Å². The molecule has 2 aliphatic heterocycles. The lowest BCUT2D eigenvalue weighted by Crippen LogP contribution is -2.30. The monoisotopic (exact) mass is 617 g/mol. The van der Waals surface area contributed by atoms with Crippen molar-refractivity contribution in [3.63, 3.8) is 0 Å². The fourth-order valence-corrected chi connectivity index (χ4v) is 6.14. The minimum absolute atomic E-state index is 0.0660. The van der Waals surface area contributed by atoms with Gasteiger partial charge in [-0.1, -0.05) is 0 Å². The van der Waals surface area contributed by atoms with Crippen LogP contribution in [-0.4, -0.2) is 61.2 Å². The lowest BCUT2D eigenvalue weighted by Gasteiger charge is -2.29. The summed E-state index contributed by atoms with van der Waals surface area (Å²) in [5, 5.41) is 3.23. The molecule has 0 radical (unpaired) electrons. The number of hydrogen-bond donors (Lipinski definition) is 1. The summed E-state index contributed by atoms with van der Waals surface area (Å²) in [4.78, 5) is 27.1. The average molecular weight is 618 g/mol. The second-order valence-electron chi connectivity index (χ2n) is 9.78. The Morgan fingerprint density at radius 1 is 1.12 bits per heavy atom. The molecule has 2 aliphatic rings. The van der Waals surface area contributed by atoms with Gasteiger partial charge in [-0.05, 0) is 42.5 Å². The third kappa shape index (κ3) is 5.40. The maximum absolute atomic E-state index is 14.7. The Bertz CT molecular complexity index is 1840. The highest BCUT2D eigenvalue weighted by molar-refractivity contribution is 7.92. The van der Waals surface area contributed by atoms with Crippen molar-refractivity contribution in [1.82, 2.24) is 20.3 Å². The van der Waals surface area contributed by atoms with Gasteiger partial charge in [0.05, 0.1) is 36.6 Å². The van der Waals surface area contributed by atoms with Crippen LogP contribution in [0.15, 0.2) is 53.6 Å². The topological polar surface area (TPSA) is 124 Å². The number of carbonyl (C=O) groups excluding carboxylic acids is 1. The van der Waals surface area contributed by atoms with Gasteiger partial charge in [0.15, 0.2) is 29.3 Å². The summed E-state index contributed by atoms with van der Waals surface area (Å²) in [6.07, 6.45) is -0.795. The first-order chi connectivity index (χ1) is 20.7. The predicted molar refractivity (Wildman–Crippen MR) is 146 cm³/mol. The largest absolute Gasteiger partial charge is 0.489 e. The Hall–Kier alpha value is -4.53. The van der Waals surface area contributed by atoms with Crippen molar-refractivity contribution < 1.29 is 40.2 Å². The molecule has 2 atom stereocenters. The molecule has 0 aliphatic carbocycles. The standard InChI is InChI=1S/C28H23F4N5O5S/c29-12-19(31)20-2-3-22-27(36-20)37(6-8-41-22)25-4-1-15-13-33-17(11-21(15)35-25)14-34-28(38)16-9-18(30)26-23(10-16)43(39,40)24(32)5-7-42-26/h1-4,9-11,13,19,24H,5-8,12,14H2,(H,34,38)/t19-,24-/m1/s1. The first kappa shape index (κ1) is 28.6. The number of ether oxygens (including phenoxy) is 2. The van der Waals surface area contributed by atoms with Crippen LogP contribution in [0.5, 0.6) is 11.5 Å². The van der Waals surface area contributed by atoms with Gasteiger partial charge < -0.3 is 19.7 Å². The Morgan fingerprint density at radius 3 is 2.77 bits per heavy atom. The van der Waals surface area contributed by atoms with Crippen LogP contribution in [0.3, 0.4) is 0 Å². The summed E-state index contributed by atoms with van der Waals surface area (Å²) in [5.74, 6) is -1.36. The number of aromatic nitrogens is 3. The molecule has 43 heavy (non-hydrogen) atoms. The van der Waals surface area contributed by atoms with Crippen LogP contribution in [0.25, 0.3) is 10.9 Å². The number of pyridine rings is 3. The minimum Gasteiger partial charge on any atom is -0.489 e. The van der Waals surface area contributed by atoms with E-state index in [0.717, 1.165) is 12.1 Å². The van der Waals surface area contributed by atoms with E-state index in [9.17, 15) is 30.8 Å². The number of carbonyl (C=O) groups is 1. The molecule has 0 spiro atoms. The lowest BCUT2D eigenvalue weighted by atomic mass is 10.2. The lowest BCUT2D eigenvalue weighted by molar-refractivity contribution is 0.0949. The van der Waals surface area contributed by atoms with Crippen LogP contribution in [-0.2, 0) is 16.4 Å². The zero-order chi connectivity index (χ0) is 30.3. The molecule has 4 aromatic rings. The van der Waals surface area contributed by atoms with Crippen molar-refractivity contribution in [2.45, 2.75) is 29.5 Å². The van der Waals surface area contributed by atoms with Crippen molar-refractivity contribution in [2.24, 2.45) is 0 Å². The second kappa shape index (κ2) is 11.3. The van der Waals surface area contributed by atoms with Gasteiger partial charge in [0.25, 0.3) is 5.91 Å². The Morgan fingerprint density at radius 2 is 1.95 bits per heavy atom. The number of benzene rings is 1. The first-order valence-electron chi connectivity index (χ1n) is 13.1. The third-order valence-electron chi connectivity index (χ3n) is 6.97. The highest BCUT2D eigenvalue weighted by atomic mass is 32.2. The highest BCUT2D eigenvalue weighted by Gasteiger charge is 2.35. The van der Waals surface area contributed by atoms with E-state index in [0.29, 0.717) is 47.1 Å². The molecule has 15 heteroatoms. The fourth-order valence-electron chi connectivity index (χ4n) is 4.75. The molecule has 5 heterocycles. The molecule has 1 amide bonds. The summed E-state index contributed by atoms with van der Waals surface area (Å²) in [7, 11) is -4.55. The molecule has 0 fully saturated rings. The van der Waals surface area contributed by atoms with Crippen molar-refractivity contribution in [3.05, 3.63) is 71.4 Å². The zero-order valence-electron chi connectivity index (χ0n) is 22.3. The molecular weight excluding hydrogens is 594 g/mol. The smallest absolute Gasteiger partial charge is 0.251 e. The van der Waals surface area contributed by atoms with Gasteiger partial charge in [-0.2, -0.15) is 0 Å². The van der Waals surface area contributed by atoms with Gasteiger partial charge in [0.1, 0.15) is 24.0 Å². The van der Waals surface area contributed by atoms with E-state index in [1.54, 1.807) is 29.3 Å². The van der Waals surface area contributed by atoms with E-state index in [4.69, 9.17) is 9.47 Å².